The van der Waals surface area contributed by atoms with Crippen molar-refractivity contribution in [1.82, 2.24) is 19.9 Å². The smallest absolute Gasteiger partial charge is 0.160 e. The molecule has 0 aromatic carbocycles. The predicted molar refractivity (Wildman–Crippen MR) is 85.0 cm³/mol. The zero-order valence-electron chi connectivity index (χ0n) is 11.2. The van der Waals surface area contributed by atoms with Crippen molar-refractivity contribution in [3.05, 3.63) is 51.0 Å². The number of thiophene rings is 1. The molecule has 2 atom stereocenters. The molecule has 0 saturated carbocycles. The predicted octanol–water partition coefficient (Wildman–Crippen LogP) is 3.97. The molecule has 3 aromatic rings. The highest BCUT2D eigenvalue weighted by atomic mass is 79.9. The Morgan fingerprint density at radius 2 is 2.05 bits per heavy atom. The molecule has 0 spiro atoms. The van der Waals surface area contributed by atoms with Crippen LogP contribution in [-0.2, 0) is 0 Å². The van der Waals surface area contributed by atoms with E-state index in [9.17, 15) is 0 Å². The van der Waals surface area contributed by atoms with Crippen molar-refractivity contribution in [3.8, 4) is 0 Å². The highest BCUT2D eigenvalue weighted by molar-refractivity contribution is 9.10. The van der Waals surface area contributed by atoms with Gasteiger partial charge in [-0.05, 0) is 53.4 Å². The molecule has 0 aliphatic carbocycles. The van der Waals surface area contributed by atoms with Gasteiger partial charge in [0, 0.05) is 21.6 Å². The molecule has 0 amide bonds. The molecule has 104 valence electrons. The van der Waals surface area contributed by atoms with Crippen molar-refractivity contribution in [2.75, 3.05) is 0 Å². The summed E-state index contributed by atoms with van der Waals surface area (Å²) in [6, 6.07) is 8.38. The maximum atomic E-state index is 4.29. The van der Waals surface area contributed by atoms with Gasteiger partial charge in [0.15, 0.2) is 11.5 Å². The van der Waals surface area contributed by atoms with Gasteiger partial charge in [-0.2, -0.15) is 0 Å². The maximum Gasteiger partial charge on any atom is 0.160 e. The molecule has 0 fully saturated rings. The number of halogens is 1. The van der Waals surface area contributed by atoms with Crippen LogP contribution >= 0.6 is 27.3 Å². The Balaban J connectivity index is 1.83. The van der Waals surface area contributed by atoms with E-state index < -0.39 is 0 Å². The van der Waals surface area contributed by atoms with Gasteiger partial charge in [-0.15, -0.1) is 21.5 Å². The maximum absolute atomic E-state index is 4.29. The van der Waals surface area contributed by atoms with Gasteiger partial charge < -0.3 is 5.32 Å². The fourth-order valence-electron chi connectivity index (χ4n) is 2.29. The lowest BCUT2D eigenvalue weighted by Gasteiger charge is -2.18. The largest absolute Gasteiger partial charge is 0.300 e. The van der Waals surface area contributed by atoms with Gasteiger partial charge in [0.25, 0.3) is 0 Å². The molecule has 0 bridgehead atoms. The van der Waals surface area contributed by atoms with Gasteiger partial charge in [-0.25, -0.2) is 0 Å². The molecule has 6 heteroatoms. The van der Waals surface area contributed by atoms with Gasteiger partial charge in [0.05, 0.1) is 6.04 Å². The summed E-state index contributed by atoms with van der Waals surface area (Å²) in [6.45, 7) is 4.28. The van der Waals surface area contributed by atoms with E-state index in [1.165, 1.54) is 4.88 Å². The lowest BCUT2D eigenvalue weighted by Crippen LogP contribution is -2.23. The minimum atomic E-state index is 0.122. The van der Waals surface area contributed by atoms with Gasteiger partial charge in [-0.1, -0.05) is 6.07 Å². The van der Waals surface area contributed by atoms with E-state index in [4.69, 9.17) is 0 Å². The third kappa shape index (κ3) is 2.51. The molecule has 0 radical (unpaired) electrons. The molecule has 1 N–H and O–H groups in total. The Labute approximate surface area is 130 Å². The molecule has 0 aliphatic heterocycles. The summed E-state index contributed by atoms with van der Waals surface area (Å²) in [6.07, 6.45) is 1.99. The topological polar surface area (TPSA) is 42.2 Å². The summed E-state index contributed by atoms with van der Waals surface area (Å²) in [5.74, 6) is 0.931. The van der Waals surface area contributed by atoms with Crippen molar-refractivity contribution in [2.45, 2.75) is 25.9 Å². The number of aromatic nitrogens is 3. The van der Waals surface area contributed by atoms with Crippen LogP contribution in [0.3, 0.4) is 0 Å². The first-order chi connectivity index (χ1) is 9.66. The van der Waals surface area contributed by atoms with E-state index in [0.717, 1.165) is 15.9 Å². The molecule has 2 unspecified atom stereocenters. The first-order valence-corrected chi connectivity index (χ1v) is 8.12. The lowest BCUT2D eigenvalue weighted by atomic mass is 10.2. The summed E-state index contributed by atoms with van der Waals surface area (Å²) in [5, 5.41) is 14.2. The Morgan fingerprint density at radius 1 is 1.20 bits per heavy atom. The average molecular weight is 351 g/mol. The van der Waals surface area contributed by atoms with Crippen LogP contribution in [0, 0.1) is 0 Å². The van der Waals surface area contributed by atoms with E-state index in [1.807, 2.05) is 28.8 Å². The van der Waals surface area contributed by atoms with Gasteiger partial charge in [0.2, 0.25) is 0 Å². The van der Waals surface area contributed by atoms with Crippen molar-refractivity contribution in [2.24, 2.45) is 0 Å². The zero-order valence-corrected chi connectivity index (χ0v) is 13.6. The van der Waals surface area contributed by atoms with Crippen molar-refractivity contribution < 1.29 is 0 Å². The van der Waals surface area contributed by atoms with Crippen LogP contribution < -0.4 is 5.32 Å². The number of fused-ring (bicyclic) bond motifs is 1. The van der Waals surface area contributed by atoms with Crippen molar-refractivity contribution in [3.63, 3.8) is 0 Å². The Kier molecular flexibility index (Phi) is 3.87. The van der Waals surface area contributed by atoms with Crippen LogP contribution in [0.4, 0.5) is 0 Å². The van der Waals surface area contributed by atoms with Crippen molar-refractivity contribution in [1.29, 1.82) is 0 Å². The Bertz CT molecular complexity index is 721. The number of nitrogens with zero attached hydrogens (tertiary/aromatic N) is 3. The average Bonchev–Trinajstić information content (AvgIpc) is 3.04. The van der Waals surface area contributed by atoms with E-state index in [0.29, 0.717) is 0 Å². The molecular formula is C14H15BrN4S. The quantitative estimate of drug-likeness (QED) is 0.774. The first kappa shape index (κ1) is 13.7. The van der Waals surface area contributed by atoms with Crippen LogP contribution in [0.2, 0.25) is 0 Å². The molecule has 4 nitrogen and oxygen atoms in total. The fraction of sp³-hybridized carbons (Fsp3) is 0.286. The highest BCUT2D eigenvalue weighted by Gasteiger charge is 2.18. The van der Waals surface area contributed by atoms with Gasteiger partial charge in [-0.3, -0.25) is 4.40 Å². The van der Waals surface area contributed by atoms with E-state index in [-0.39, 0.29) is 12.1 Å². The third-order valence-electron chi connectivity index (χ3n) is 3.27. The molecule has 3 rings (SSSR count). The van der Waals surface area contributed by atoms with Crippen LogP contribution in [0.25, 0.3) is 5.65 Å². The number of nitrogens with one attached hydrogen (secondary N) is 1. The zero-order chi connectivity index (χ0) is 14.1. The second-order valence-electron chi connectivity index (χ2n) is 4.73. The monoisotopic (exact) mass is 350 g/mol. The van der Waals surface area contributed by atoms with Gasteiger partial charge >= 0.3 is 0 Å². The fourth-order valence-corrected chi connectivity index (χ4v) is 4.03. The van der Waals surface area contributed by atoms with Gasteiger partial charge in [0.1, 0.15) is 0 Å². The molecule has 3 aromatic heterocycles. The van der Waals surface area contributed by atoms with Crippen LogP contribution in [0.5, 0.6) is 0 Å². The second kappa shape index (κ2) is 5.63. The Morgan fingerprint density at radius 3 is 2.80 bits per heavy atom. The number of rotatable bonds is 4. The minimum Gasteiger partial charge on any atom is -0.300 e. The number of pyridine rings is 1. The highest BCUT2D eigenvalue weighted by Crippen LogP contribution is 2.30. The molecular weight excluding hydrogens is 336 g/mol. The SMILES string of the molecule is CC(NC(C)c1nnc2ccccn12)c1sccc1Br. The van der Waals surface area contributed by atoms with Crippen LogP contribution in [0.15, 0.2) is 40.3 Å². The van der Waals surface area contributed by atoms with E-state index in [2.05, 4.69) is 56.7 Å². The summed E-state index contributed by atoms with van der Waals surface area (Å²) in [4.78, 5) is 1.30. The van der Waals surface area contributed by atoms with Crippen molar-refractivity contribution >= 4 is 32.9 Å². The van der Waals surface area contributed by atoms with Crippen LogP contribution in [0.1, 0.15) is 36.6 Å². The minimum absolute atomic E-state index is 0.122. The lowest BCUT2D eigenvalue weighted by molar-refractivity contribution is 0.477. The molecule has 0 saturated heterocycles. The molecule has 0 aliphatic rings. The summed E-state index contributed by atoms with van der Waals surface area (Å²) >= 11 is 5.33. The molecule has 3 heterocycles. The standard InChI is InChI=1S/C14H15BrN4S/c1-9(13-11(15)6-8-20-13)16-10(2)14-18-17-12-5-3-4-7-19(12)14/h3-10,16H,1-2H3. The van der Waals surface area contributed by atoms with E-state index in [1.54, 1.807) is 11.3 Å². The van der Waals surface area contributed by atoms with E-state index >= 15 is 0 Å². The third-order valence-corrected chi connectivity index (χ3v) is 5.32. The summed E-state index contributed by atoms with van der Waals surface area (Å²) in [7, 11) is 0. The number of hydrogen-bond acceptors (Lipinski definition) is 4. The summed E-state index contributed by atoms with van der Waals surface area (Å²) < 4.78 is 3.18. The first-order valence-electron chi connectivity index (χ1n) is 6.45. The number of hydrogen-bond donors (Lipinski definition) is 1. The normalized spacial score (nSPS) is 14.6. The molecule has 20 heavy (non-hydrogen) atoms. The second-order valence-corrected chi connectivity index (χ2v) is 6.53. The Hall–Kier alpha value is -1.24. The summed E-state index contributed by atoms with van der Waals surface area (Å²) in [5.41, 5.74) is 0.876. The van der Waals surface area contributed by atoms with Crippen LogP contribution in [-0.4, -0.2) is 14.6 Å².